The molecule has 0 radical (unpaired) electrons. The van der Waals surface area contributed by atoms with Crippen LogP contribution in [-0.4, -0.2) is 16.0 Å². The van der Waals surface area contributed by atoms with Gasteiger partial charge in [0, 0.05) is 12.1 Å². The van der Waals surface area contributed by atoms with Crippen molar-refractivity contribution in [2.75, 3.05) is 0 Å². The molecule has 0 saturated carbocycles. The van der Waals surface area contributed by atoms with Crippen LogP contribution in [-0.2, 0) is 17.8 Å². The van der Waals surface area contributed by atoms with Crippen molar-refractivity contribution in [2.24, 2.45) is 4.99 Å². The maximum atomic E-state index is 12.4. The summed E-state index contributed by atoms with van der Waals surface area (Å²) in [6.07, 6.45) is 2.76. The van der Waals surface area contributed by atoms with Crippen LogP contribution in [0.1, 0.15) is 23.6 Å². The van der Waals surface area contributed by atoms with Gasteiger partial charge in [-0.05, 0) is 93.3 Å². The number of amides is 1. The van der Waals surface area contributed by atoms with Gasteiger partial charge in [0.2, 0.25) is 0 Å². The van der Waals surface area contributed by atoms with Gasteiger partial charge in [-0.3, -0.25) is 14.9 Å². The fourth-order valence-corrected chi connectivity index (χ4v) is 4.51. The predicted molar refractivity (Wildman–Crippen MR) is 138 cm³/mol. The highest BCUT2D eigenvalue weighted by atomic mass is 79.9. The number of carbonyl (C=O) groups is 1. The molecule has 0 aliphatic carbocycles. The predicted octanol–water partition coefficient (Wildman–Crippen LogP) is 6.39. The van der Waals surface area contributed by atoms with E-state index in [0.29, 0.717) is 15.8 Å². The molecule has 1 aliphatic rings. The Hall–Kier alpha value is -3.43. The number of carbonyl (C=O) groups excluding carboxylic acids is 1. The third kappa shape index (κ3) is 5.92. The van der Waals surface area contributed by atoms with E-state index >= 15 is 0 Å². The van der Waals surface area contributed by atoms with Gasteiger partial charge < -0.3 is 10.1 Å². The summed E-state index contributed by atoms with van der Waals surface area (Å²) in [7, 11) is 0. The van der Waals surface area contributed by atoms with E-state index in [1.54, 1.807) is 18.2 Å². The first-order valence-electron chi connectivity index (χ1n) is 10.5. The number of benzene rings is 3. The van der Waals surface area contributed by atoms with E-state index in [4.69, 9.17) is 4.74 Å². The van der Waals surface area contributed by atoms with Gasteiger partial charge in [-0.25, -0.2) is 4.99 Å². The number of ether oxygens (including phenoxy) is 1. The summed E-state index contributed by atoms with van der Waals surface area (Å²) in [5.74, 6) is 0.436. The summed E-state index contributed by atoms with van der Waals surface area (Å²) in [5.41, 5.74) is 3.72. The first-order chi connectivity index (χ1) is 16.4. The molecular formula is C25H20BrN3O4S. The Kier molecular flexibility index (Phi) is 7.44. The molecule has 0 bridgehead atoms. The fourth-order valence-electron chi connectivity index (χ4n) is 3.15. The molecule has 172 valence electrons. The zero-order valence-electron chi connectivity index (χ0n) is 18.2. The maximum Gasteiger partial charge on any atom is 0.269 e. The maximum absolute atomic E-state index is 12.4. The van der Waals surface area contributed by atoms with Crippen molar-refractivity contribution in [1.82, 2.24) is 5.32 Å². The summed E-state index contributed by atoms with van der Waals surface area (Å²) in [4.78, 5) is 27.8. The molecule has 1 amide bonds. The number of hydrogen-bond donors (Lipinski definition) is 1. The Morgan fingerprint density at radius 2 is 1.79 bits per heavy atom. The highest BCUT2D eigenvalue weighted by molar-refractivity contribution is 9.10. The van der Waals surface area contributed by atoms with Crippen LogP contribution in [0.5, 0.6) is 5.75 Å². The number of hydrogen-bond acceptors (Lipinski definition) is 6. The van der Waals surface area contributed by atoms with E-state index in [-0.39, 0.29) is 18.2 Å². The Labute approximate surface area is 209 Å². The molecular weight excluding hydrogens is 518 g/mol. The third-order valence-electron chi connectivity index (χ3n) is 5.02. The van der Waals surface area contributed by atoms with E-state index in [2.05, 4.69) is 33.2 Å². The number of rotatable bonds is 7. The number of nitrogens with zero attached hydrogens (tertiary/aromatic N) is 2. The van der Waals surface area contributed by atoms with Crippen molar-refractivity contribution in [3.63, 3.8) is 0 Å². The van der Waals surface area contributed by atoms with Gasteiger partial charge in [0.1, 0.15) is 12.4 Å². The average Bonchev–Trinajstić information content (AvgIpc) is 3.17. The van der Waals surface area contributed by atoms with Crippen LogP contribution >= 0.6 is 27.7 Å². The van der Waals surface area contributed by atoms with E-state index in [9.17, 15) is 14.9 Å². The molecule has 3 aromatic rings. The quantitative estimate of drug-likeness (QED) is 0.214. The van der Waals surface area contributed by atoms with E-state index in [0.717, 1.165) is 27.7 Å². The normalized spacial score (nSPS) is 15.5. The Morgan fingerprint density at radius 1 is 1.09 bits per heavy atom. The molecule has 3 aromatic carbocycles. The van der Waals surface area contributed by atoms with Crippen molar-refractivity contribution < 1.29 is 14.5 Å². The molecule has 1 aliphatic heterocycles. The minimum atomic E-state index is -0.435. The van der Waals surface area contributed by atoms with Gasteiger partial charge in [-0.15, -0.1) is 0 Å². The molecule has 1 heterocycles. The lowest BCUT2D eigenvalue weighted by molar-refractivity contribution is -0.384. The minimum Gasteiger partial charge on any atom is -0.488 e. The molecule has 4 rings (SSSR count). The first-order valence-corrected chi connectivity index (χ1v) is 12.1. The lowest BCUT2D eigenvalue weighted by Crippen LogP contribution is -2.19. The van der Waals surface area contributed by atoms with Crippen LogP contribution in [0, 0.1) is 10.1 Å². The van der Waals surface area contributed by atoms with Gasteiger partial charge in [-0.1, -0.05) is 25.1 Å². The molecule has 0 unspecified atom stereocenters. The van der Waals surface area contributed by atoms with Crippen LogP contribution in [0.4, 0.5) is 11.4 Å². The molecule has 0 aromatic heterocycles. The number of non-ortho nitro benzene ring substituents is 1. The Bertz CT molecular complexity index is 1290. The van der Waals surface area contributed by atoms with Crippen molar-refractivity contribution in [1.29, 1.82) is 0 Å². The van der Waals surface area contributed by atoms with Crippen molar-refractivity contribution >= 4 is 56.2 Å². The van der Waals surface area contributed by atoms with Gasteiger partial charge >= 0.3 is 0 Å². The zero-order chi connectivity index (χ0) is 24.1. The van der Waals surface area contributed by atoms with Gasteiger partial charge in [0.05, 0.1) is 20.0 Å². The molecule has 34 heavy (non-hydrogen) atoms. The topological polar surface area (TPSA) is 93.8 Å². The second kappa shape index (κ2) is 10.7. The number of amidine groups is 1. The second-order valence-electron chi connectivity index (χ2n) is 7.40. The van der Waals surface area contributed by atoms with Crippen LogP contribution in [0.3, 0.4) is 0 Å². The van der Waals surface area contributed by atoms with E-state index in [1.807, 2.05) is 42.5 Å². The molecule has 0 atom stereocenters. The lowest BCUT2D eigenvalue weighted by atomic mass is 10.2. The standard InChI is InChI=1S/C25H20BrN3O4S/c1-2-16-3-8-19(9-4-16)27-25-28-24(30)23(34-25)14-18-7-12-22(21(26)13-18)33-15-17-5-10-20(11-6-17)29(31)32/h3-14H,2,15H2,1H3,(H,27,28,30)/b23-14-. The Balaban J connectivity index is 1.41. The van der Waals surface area contributed by atoms with Crippen molar-refractivity contribution in [2.45, 2.75) is 20.0 Å². The molecule has 9 heteroatoms. The Morgan fingerprint density at radius 3 is 2.44 bits per heavy atom. The number of nitrogens with one attached hydrogen (secondary N) is 1. The number of nitro benzene ring substituents is 1. The number of thioether (sulfide) groups is 1. The largest absolute Gasteiger partial charge is 0.488 e. The van der Waals surface area contributed by atoms with Gasteiger partial charge in [0.25, 0.3) is 11.6 Å². The van der Waals surface area contributed by atoms with Crippen molar-refractivity contribution in [3.8, 4) is 5.75 Å². The van der Waals surface area contributed by atoms with Crippen LogP contribution in [0.25, 0.3) is 6.08 Å². The van der Waals surface area contributed by atoms with Crippen molar-refractivity contribution in [3.05, 3.63) is 103 Å². The van der Waals surface area contributed by atoms with Crippen LogP contribution in [0.15, 0.2) is 81.1 Å². The smallest absolute Gasteiger partial charge is 0.269 e. The monoisotopic (exact) mass is 537 g/mol. The molecule has 1 fully saturated rings. The number of aryl methyl sites for hydroxylation is 1. The SMILES string of the molecule is CCc1ccc(N=C2NC(=O)/C(=C/c3ccc(OCc4ccc([N+](=O)[O-])cc4)c(Br)c3)S2)cc1. The number of halogens is 1. The fraction of sp³-hybridized carbons (Fsp3) is 0.120. The first kappa shape index (κ1) is 23.7. The highest BCUT2D eigenvalue weighted by Crippen LogP contribution is 2.31. The summed E-state index contributed by atoms with van der Waals surface area (Å²) >= 11 is 4.80. The second-order valence-corrected chi connectivity index (χ2v) is 9.29. The highest BCUT2D eigenvalue weighted by Gasteiger charge is 2.24. The van der Waals surface area contributed by atoms with Crippen LogP contribution in [0.2, 0.25) is 0 Å². The summed E-state index contributed by atoms with van der Waals surface area (Å²) in [6, 6.07) is 19.7. The van der Waals surface area contributed by atoms with E-state index in [1.165, 1.54) is 29.5 Å². The van der Waals surface area contributed by atoms with Crippen LogP contribution < -0.4 is 10.1 Å². The lowest BCUT2D eigenvalue weighted by Gasteiger charge is -2.09. The summed E-state index contributed by atoms with van der Waals surface area (Å²) < 4.78 is 6.56. The number of aliphatic imine (C=N–C) groups is 1. The average molecular weight is 538 g/mol. The van der Waals surface area contributed by atoms with Gasteiger partial charge in [0.15, 0.2) is 5.17 Å². The molecule has 7 nitrogen and oxygen atoms in total. The summed E-state index contributed by atoms with van der Waals surface area (Å²) in [5, 5.41) is 14.1. The molecule has 1 saturated heterocycles. The molecule has 0 spiro atoms. The summed E-state index contributed by atoms with van der Waals surface area (Å²) in [6.45, 7) is 2.37. The van der Waals surface area contributed by atoms with E-state index < -0.39 is 4.92 Å². The molecule has 1 N–H and O–H groups in total. The third-order valence-corrected chi connectivity index (χ3v) is 6.55. The minimum absolute atomic E-state index is 0.0405. The number of nitro groups is 1. The van der Waals surface area contributed by atoms with Gasteiger partial charge in [-0.2, -0.15) is 0 Å². The zero-order valence-corrected chi connectivity index (χ0v) is 20.6.